The molecule has 0 amide bonds. The van der Waals surface area contributed by atoms with E-state index in [0.717, 1.165) is 10.9 Å². The van der Waals surface area contributed by atoms with Gasteiger partial charge in [0.25, 0.3) is 0 Å². The van der Waals surface area contributed by atoms with Crippen LogP contribution in [0.5, 0.6) is 0 Å². The fourth-order valence-electron chi connectivity index (χ4n) is 1.95. The SMILES string of the molecule is CNC(Cc1ccc(Br)cc1)c1cscc1C. The van der Waals surface area contributed by atoms with Gasteiger partial charge in [-0.05, 0) is 60.0 Å². The van der Waals surface area contributed by atoms with Crippen molar-refractivity contribution in [2.75, 3.05) is 7.05 Å². The summed E-state index contributed by atoms with van der Waals surface area (Å²) in [7, 11) is 2.03. The first-order chi connectivity index (χ1) is 8.20. The molecular weight excluding hydrogens is 294 g/mol. The van der Waals surface area contributed by atoms with Crippen molar-refractivity contribution in [1.29, 1.82) is 0 Å². The van der Waals surface area contributed by atoms with E-state index in [0.29, 0.717) is 6.04 Å². The number of hydrogen-bond acceptors (Lipinski definition) is 2. The molecule has 1 aromatic heterocycles. The minimum absolute atomic E-state index is 0.405. The molecule has 17 heavy (non-hydrogen) atoms. The van der Waals surface area contributed by atoms with Crippen LogP contribution in [-0.4, -0.2) is 7.05 Å². The number of halogens is 1. The molecule has 1 atom stereocenters. The summed E-state index contributed by atoms with van der Waals surface area (Å²) < 4.78 is 1.13. The van der Waals surface area contributed by atoms with Crippen molar-refractivity contribution in [3.8, 4) is 0 Å². The van der Waals surface area contributed by atoms with Gasteiger partial charge in [-0.2, -0.15) is 11.3 Å². The van der Waals surface area contributed by atoms with Crippen LogP contribution in [0.15, 0.2) is 39.5 Å². The average molecular weight is 310 g/mol. The van der Waals surface area contributed by atoms with E-state index in [9.17, 15) is 0 Å². The Morgan fingerprint density at radius 3 is 2.47 bits per heavy atom. The van der Waals surface area contributed by atoms with E-state index in [4.69, 9.17) is 0 Å². The zero-order valence-electron chi connectivity index (χ0n) is 10.0. The van der Waals surface area contributed by atoms with E-state index >= 15 is 0 Å². The van der Waals surface area contributed by atoms with Crippen molar-refractivity contribution in [2.24, 2.45) is 0 Å². The second-order valence-corrected chi connectivity index (χ2v) is 5.84. The average Bonchev–Trinajstić information content (AvgIpc) is 2.75. The topological polar surface area (TPSA) is 12.0 Å². The molecular formula is C14H16BrNS. The summed E-state index contributed by atoms with van der Waals surface area (Å²) in [5, 5.41) is 7.86. The molecule has 0 aliphatic carbocycles. The van der Waals surface area contributed by atoms with Crippen LogP contribution in [-0.2, 0) is 6.42 Å². The van der Waals surface area contributed by atoms with Gasteiger partial charge in [0.05, 0.1) is 0 Å². The highest BCUT2D eigenvalue weighted by Gasteiger charge is 2.13. The monoisotopic (exact) mass is 309 g/mol. The summed E-state index contributed by atoms with van der Waals surface area (Å²) in [6, 6.07) is 8.96. The van der Waals surface area contributed by atoms with Crippen LogP contribution in [0, 0.1) is 6.92 Å². The third-order valence-electron chi connectivity index (χ3n) is 2.97. The quantitative estimate of drug-likeness (QED) is 0.886. The molecule has 1 nitrogen and oxygen atoms in total. The van der Waals surface area contributed by atoms with Gasteiger partial charge in [0.1, 0.15) is 0 Å². The fourth-order valence-corrected chi connectivity index (χ4v) is 3.12. The molecule has 1 N–H and O–H groups in total. The van der Waals surface area contributed by atoms with Crippen LogP contribution in [0.3, 0.4) is 0 Å². The van der Waals surface area contributed by atoms with Crippen LogP contribution >= 0.6 is 27.3 Å². The Balaban J connectivity index is 2.16. The molecule has 2 aromatic rings. The second kappa shape index (κ2) is 5.80. The van der Waals surface area contributed by atoms with Crippen molar-refractivity contribution in [1.82, 2.24) is 5.32 Å². The molecule has 0 saturated carbocycles. The van der Waals surface area contributed by atoms with Crippen molar-refractivity contribution in [3.05, 3.63) is 56.2 Å². The van der Waals surface area contributed by atoms with E-state index in [2.05, 4.69) is 63.2 Å². The predicted molar refractivity (Wildman–Crippen MR) is 78.7 cm³/mol. The number of rotatable bonds is 4. The van der Waals surface area contributed by atoms with Gasteiger partial charge in [-0.15, -0.1) is 0 Å². The van der Waals surface area contributed by atoms with Crippen LogP contribution in [0.4, 0.5) is 0 Å². The first-order valence-corrected chi connectivity index (χ1v) is 7.38. The molecule has 0 aliphatic heterocycles. The maximum Gasteiger partial charge on any atom is 0.0369 e. The van der Waals surface area contributed by atoms with E-state index < -0.39 is 0 Å². The normalized spacial score (nSPS) is 12.6. The Hall–Kier alpha value is -0.640. The number of likely N-dealkylation sites (N-methyl/N-ethyl adjacent to an activating group) is 1. The lowest BCUT2D eigenvalue weighted by atomic mass is 9.99. The Kier molecular flexibility index (Phi) is 4.37. The molecule has 1 unspecified atom stereocenters. The van der Waals surface area contributed by atoms with Gasteiger partial charge in [0.2, 0.25) is 0 Å². The molecule has 90 valence electrons. The summed E-state index contributed by atoms with van der Waals surface area (Å²) in [4.78, 5) is 0. The van der Waals surface area contributed by atoms with Crippen molar-refractivity contribution >= 4 is 27.3 Å². The number of thiophene rings is 1. The van der Waals surface area contributed by atoms with Gasteiger partial charge in [0.15, 0.2) is 0 Å². The smallest absolute Gasteiger partial charge is 0.0369 e. The van der Waals surface area contributed by atoms with Crippen LogP contribution in [0.2, 0.25) is 0 Å². The van der Waals surface area contributed by atoms with E-state index in [1.165, 1.54) is 16.7 Å². The molecule has 0 aliphatic rings. The molecule has 3 heteroatoms. The molecule has 1 aromatic carbocycles. The van der Waals surface area contributed by atoms with Crippen molar-refractivity contribution in [2.45, 2.75) is 19.4 Å². The minimum atomic E-state index is 0.405. The maximum absolute atomic E-state index is 3.47. The summed E-state index contributed by atoms with van der Waals surface area (Å²) in [6.07, 6.45) is 1.03. The molecule has 0 spiro atoms. The predicted octanol–water partition coefficient (Wildman–Crippen LogP) is 4.32. The van der Waals surface area contributed by atoms with Gasteiger partial charge in [-0.1, -0.05) is 28.1 Å². The first kappa shape index (κ1) is 12.8. The lowest BCUT2D eigenvalue weighted by Crippen LogP contribution is -2.18. The third-order valence-corrected chi connectivity index (χ3v) is 4.38. The van der Waals surface area contributed by atoms with E-state index in [-0.39, 0.29) is 0 Å². The highest BCUT2D eigenvalue weighted by molar-refractivity contribution is 9.10. The fraction of sp³-hybridized carbons (Fsp3) is 0.286. The van der Waals surface area contributed by atoms with Gasteiger partial charge in [-0.25, -0.2) is 0 Å². The van der Waals surface area contributed by atoms with Crippen molar-refractivity contribution in [3.63, 3.8) is 0 Å². The van der Waals surface area contributed by atoms with E-state index in [1.807, 2.05) is 7.05 Å². The lowest BCUT2D eigenvalue weighted by Gasteiger charge is -2.16. The summed E-state index contributed by atoms with van der Waals surface area (Å²) in [6.45, 7) is 2.18. The van der Waals surface area contributed by atoms with Gasteiger partial charge in [-0.3, -0.25) is 0 Å². The lowest BCUT2D eigenvalue weighted by molar-refractivity contribution is 0.591. The number of nitrogens with one attached hydrogen (secondary N) is 1. The Morgan fingerprint density at radius 2 is 1.94 bits per heavy atom. The summed E-state index contributed by atoms with van der Waals surface area (Å²) in [5.41, 5.74) is 4.16. The summed E-state index contributed by atoms with van der Waals surface area (Å²) in [5.74, 6) is 0. The third kappa shape index (κ3) is 3.18. The molecule has 0 radical (unpaired) electrons. The molecule has 1 heterocycles. The second-order valence-electron chi connectivity index (χ2n) is 4.18. The first-order valence-electron chi connectivity index (χ1n) is 5.65. The van der Waals surface area contributed by atoms with Crippen molar-refractivity contribution < 1.29 is 0 Å². The Bertz CT molecular complexity index is 475. The van der Waals surface area contributed by atoms with E-state index in [1.54, 1.807) is 11.3 Å². The maximum atomic E-state index is 3.47. The molecule has 0 fully saturated rings. The molecule has 0 saturated heterocycles. The number of benzene rings is 1. The minimum Gasteiger partial charge on any atom is -0.313 e. The van der Waals surface area contributed by atoms with Crippen LogP contribution in [0.25, 0.3) is 0 Å². The zero-order valence-corrected chi connectivity index (χ0v) is 12.4. The molecule has 0 bridgehead atoms. The highest BCUT2D eigenvalue weighted by Crippen LogP contribution is 2.25. The zero-order chi connectivity index (χ0) is 12.3. The highest BCUT2D eigenvalue weighted by atomic mass is 79.9. The van der Waals surface area contributed by atoms with Crippen LogP contribution in [0.1, 0.15) is 22.7 Å². The molecule has 2 rings (SSSR count). The Morgan fingerprint density at radius 1 is 1.24 bits per heavy atom. The number of hydrogen-bond donors (Lipinski definition) is 1. The largest absolute Gasteiger partial charge is 0.313 e. The van der Waals surface area contributed by atoms with Gasteiger partial charge >= 0.3 is 0 Å². The van der Waals surface area contributed by atoms with Crippen LogP contribution < -0.4 is 5.32 Å². The van der Waals surface area contributed by atoms with Gasteiger partial charge < -0.3 is 5.32 Å². The Labute approximate surface area is 115 Å². The standard InChI is InChI=1S/C14H16BrNS/c1-10-8-17-9-13(10)14(16-2)7-11-3-5-12(15)6-4-11/h3-6,8-9,14,16H,7H2,1-2H3. The van der Waals surface area contributed by atoms with Gasteiger partial charge in [0, 0.05) is 10.5 Å². The summed E-state index contributed by atoms with van der Waals surface area (Å²) >= 11 is 5.24. The number of aryl methyl sites for hydroxylation is 1.